The van der Waals surface area contributed by atoms with Gasteiger partial charge in [-0.25, -0.2) is 0 Å². The van der Waals surface area contributed by atoms with Gasteiger partial charge in [-0.3, -0.25) is 4.90 Å². The van der Waals surface area contributed by atoms with Crippen molar-refractivity contribution in [2.45, 2.75) is 20.3 Å². The number of nitrogens with zero attached hydrogens (tertiary/aromatic N) is 2. The first-order valence-electron chi connectivity index (χ1n) is 10.6. The summed E-state index contributed by atoms with van der Waals surface area (Å²) in [6, 6.07) is 18.7. The summed E-state index contributed by atoms with van der Waals surface area (Å²) in [6.07, 6.45) is 1.03. The summed E-state index contributed by atoms with van der Waals surface area (Å²) in [6.45, 7) is 10.6. The highest BCUT2D eigenvalue weighted by molar-refractivity contribution is 5.96. The number of ether oxygens (including phenoxy) is 1. The zero-order chi connectivity index (χ0) is 20.2. The monoisotopic (exact) mass is 389 g/mol. The Balaban J connectivity index is 1.26. The van der Waals surface area contributed by atoms with Crippen molar-refractivity contribution in [1.82, 2.24) is 4.90 Å². The van der Waals surface area contributed by atoms with E-state index in [0.29, 0.717) is 0 Å². The van der Waals surface area contributed by atoms with E-state index in [4.69, 9.17) is 10.5 Å². The van der Waals surface area contributed by atoms with Gasteiger partial charge in [0.15, 0.2) is 0 Å². The van der Waals surface area contributed by atoms with Gasteiger partial charge in [-0.15, -0.1) is 0 Å². The van der Waals surface area contributed by atoms with Crippen LogP contribution in [-0.4, -0.2) is 44.2 Å². The van der Waals surface area contributed by atoms with Gasteiger partial charge in [0.05, 0.1) is 6.61 Å². The second-order valence-electron chi connectivity index (χ2n) is 7.95. The summed E-state index contributed by atoms with van der Waals surface area (Å²) >= 11 is 0. The number of benzene rings is 3. The summed E-state index contributed by atoms with van der Waals surface area (Å²) in [5, 5.41) is 2.15. The summed E-state index contributed by atoms with van der Waals surface area (Å²) in [7, 11) is 0. The Labute approximate surface area is 173 Å². The van der Waals surface area contributed by atoms with E-state index in [1.54, 1.807) is 0 Å². The number of piperazine rings is 1. The van der Waals surface area contributed by atoms with Crippen LogP contribution in [0, 0.1) is 13.8 Å². The molecule has 2 N–H and O–H groups in total. The third-order valence-electron chi connectivity index (χ3n) is 6.08. The molecule has 0 aliphatic carbocycles. The molecule has 3 aromatic carbocycles. The lowest BCUT2D eigenvalue weighted by atomic mass is 10.1. The molecule has 0 unspecified atom stereocenters. The van der Waals surface area contributed by atoms with Crippen molar-refractivity contribution in [3.8, 4) is 5.75 Å². The van der Waals surface area contributed by atoms with Crippen LogP contribution in [0.2, 0.25) is 0 Å². The molecule has 152 valence electrons. The maximum Gasteiger partial charge on any atom is 0.127 e. The molecule has 0 atom stereocenters. The number of nitrogens with two attached hydrogens (primary N) is 1. The Morgan fingerprint density at radius 2 is 1.62 bits per heavy atom. The molecule has 0 spiro atoms. The Bertz CT molecular complexity index is 977. The quantitative estimate of drug-likeness (QED) is 0.493. The number of hydrogen-bond donors (Lipinski definition) is 1. The normalized spacial score (nSPS) is 15.0. The standard InChI is InChI=1S/C25H31N3O/c1-19-7-5-10-24(20(19)2)28-16-14-27(15-17-28)13-6-18-29-25-12-11-23(26)21-8-3-4-9-22(21)25/h3-5,7-12H,6,13-18,26H2,1-2H3. The Morgan fingerprint density at radius 1 is 0.862 bits per heavy atom. The fourth-order valence-corrected chi connectivity index (χ4v) is 4.18. The van der Waals surface area contributed by atoms with E-state index in [2.05, 4.69) is 47.9 Å². The fourth-order valence-electron chi connectivity index (χ4n) is 4.18. The zero-order valence-electron chi connectivity index (χ0n) is 17.5. The molecule has 1 saturated heterocycles. The number of hydrogen-bond acceptors (Lipinski definition) is 4. The van der Waals surface area contributed by atoms with Gasteiger partial charge in [0.25, 0.3) is 0 Å². The van der Waals surface area contributed by atoms with Crippen molar-refractivity contribution < 1.29 is 4.74 Å². The van der Waals surface area contributed by atoms with Gasteiger partial charge in [0, 0.05) is 54.9 Å². The molecule has 3 aromatic rings. The maximum atomic E-state index is 6.09. The highest BCUT2D eigenvalue weighted by Gasteiger charge is 2.18. The predicted octanol–water partition coefficient (Wildman–Crippen LogP) is 4.63. The minimum atomic E-state index is 0.727. The third-order valence-corrected chi connectivity index (χ3v) is 6.08. The summed E-state index contributed by atoms with van der Waals surface area (Å²) in [4.78, 5) is 5.07. The SMILES string of the molecule is Cc1cccc(N2CCN(CCCOc3ccc(N)c4ccccc34)CC2)c1C. The van der Waals surface area contributed by atoms with Crippen molar-refractivity contribution in [3.63, 3.8) is 0 Å². The summed E-state index contributed by atoms with van der Waals surface area (Å²) in [5.41, 5.74) is 11.1. The highest BCUT2D eigenvalue weighted by Crippen LogP contribution is 2.30. The van der Waals surface area contributed by atoms with Crippen molar-refractivity contribution in [1.29, 1.82) is 0 Å². The van der Waals surface area contributed by atoms with E-state index < -0.39 is 0 Å². The Kier molecular flexibility index (Phi) is 5.91. The van der Waals surface area contributed by atoms with Crippen molar-refractivity contribution in [2.75, 3.05) is 50.0 Å². The van der Waals surface area contributed by atoms with Crippen LogP contribution in [0.15, 0.2) is 54.6 Å². The minimum absolute atomic E-state index is 0.727. The molecule has 4 nitrogen and oxygen atoms in total. The zero-order valence-corrected chi connectivity index (χ0v) is 17.5. The van der Waals surface area contributed by atoms with Gasteiger partial charge in [-0.2, -0.15) is 0 Å². The molecule has 0 radical (unpaired) electrons. The van der Waals surface area contributed by atoms with Crippen LogP contribution in [-0.2, 0) is 0 Å². The first kappa shape index (κ1) is 19.6. The van der Waals surface area contributed by atoms with Crippen molar-refractivity contribution in [3.05, 3.63) is 65.7 Å². The van der Waals surface area contributed by atoms with Crippen molar-refractivity contribution in [2.24, 2.45) is 0 Å². The van der Waals surface area contributed by atoms with E-state index in [1.165, 1.54) is 16.8 Å². The largest absolute Gasteiger partial charge is 0.493 e. The first-order chi connectivity index (χ1) is 14.1. The molecular formula is C25H31N3O. The topological polar surface area (TPSA) is 41.7 Å². The number of nitrogen functional groups attached to an aromatic ring is 1. The fraction of sp³-hybridized carbons (Fsp3) is 0.360. The van der Waals surface area contributed by atoms with Gasteiger partial charge in [-0.1, -0.05) is 36.4 Å². The van der Waals surface area contributed by atoms with Crippen LogP contribution in [0.25, 0.3) is 10.8 Å². The Morgan fingerprint density at radius 3 is 2.41 bits per heavy atom. The highest BCUT2D eigenvalue weighted by atomic mass is 16.5. The molecule has 0 saturated carbocycles. The van der Waals surface area contributed by atoms with Crippen LogP contribution >= 0.6 is 0 Å². The molecule has 1 heterocycles. The molecule has 4 heteroatoms. The van der Waals surface area contributed by atoms with Gasteiger partial charge in [0.2, 0.25) is 0 Å². The molecular weight excluding hydrogens is 358 g/mol. The van der Waals surface area contributed by atoms with Crippen LogP contribution in [0.1, 0.15) is 17.5 Å². The van der Waals surface area contributed by atoms with Crippen molar-refractivity contribution >= 4 is 22.1 Å². The average molecular weight is 390 g/mol. The van der Waals surface area contributed by atoms with Crippen LogP contribution < -0.4 is 15.4 Å². The van der Waals surface area contributed by atoms with Gasteiger partial charge in [-0.05, 0) is 49.6 Å². The lowest BCUT2D eigenvalue weighted by molar-refractivity contribution is 0.225. The van der Waals surface area contributed by atoms with E-state index in [0.717, 1.165) is 68.0 Å². The van der Waals surface area contributed by atoms with Crippen LogP contribution in [0.4, 0.5) is 11.4 Å². The molecule has 1 aliphatic heterocycles. The number of aryl methyl sites for hydroxylation is 1. The molecule has 0 amide bonds. The maximum absolute atomic E-state index is 6.09. The Hall–Kier alpha value is -2.72. The molecule has 4 rings (SSSR count). The second kappa shape index (κ2) is 8.75. The van der Waals surface area contributed by atoms with Crippen LogP contribution in [0.3, 0.4) is 0 Å². The number of rotatable bonds is 6. The predicted molar refractivity (Wildman–Crippen MR) is 123 cm³/mol. The lowest BCUT2D eigenvalue weighted by Crippen LogP contribution is -2.47. The van der Waals surface area contributed by atoms with Gasteiger partial charge in [0.1, 0.15) is 5.75 Å². The summed E-state index contributed by atoms with van der Waals surface area (Å²) < 4.78 is 6.09. The molecule has 1 aliphatic rings. The minimum Gasteiger partial charge on any atom is -0.493 e. The average Bonchev–Trinajstić information content (AvgIpc) is 2.75. The molecule has 29 heavy (non-hydrogen) atoms. The molecule has 0 bridgehead atoms. The van der Waals surface area contributed by atoms with E-state index in [1.807, 2.05) is 30.3 Å². The number of fused-ring (bicyclic) bond motifs is 1. The third kappa shape index (κ3) is 4.33. The molecule has 1 fully saturated rings. The smallest absolute Gasteiger partial charge is 0.127 e. The van der Waals surface area contributed by atoms with Crippen LogP contribution in [0.5, 0.6) is 5.75 Å². The van der Waals surface area contributed by atoms with Gasteiger partial charge >= 0.3 is 0 Å². The van der Waals surface area contributed by atoms with E-state index >= 15 is 0 Å². The summed E-state index contributed by atoms with van der Waals surface area (Å²) in [5.74, 6) is 0.926. The number of anilines is 2. The molecule has 0 aromatic heterocycles. The van der Waals surface area contributed by atoms with E-state index in [-0.39, 0.29) is 0 Å². The van der Waals surface area contributed by atoms with E-state index in [9.17, 15) is 0 Å². The first-order valence-corrected chi connectivity index (χ1v) is 10.6. The lowest BCUT2D eigenvalue weighted by Gasteiger charge is -2.37. The second-order valence-corrected chi connectivity index (χ2v) is 7.95. The van der Waals surface area contributed by atoms with Gasteiger partial charge < -0.3 is 15.4 Å².